The van der Waals surface area contributed by atoms with E-state index in [0.717, 1.165) is 11.1 Å². The number of anilines is 1. The first-order valence-electron chi connectivity index (χ1n) is 10.0. The van der Waals surface area contributed by atoms with Gasteiger partial charge in [-0.3, -0.25) is 9.36 Å². The van der Waals surface area contributed by atoms with Gasteiger partial charge in [0.2, 0.25) is 16.0 Å². The molecule has 0 saturated heterocycles. The van der Waals surface area contributed by atoms with Gasteiger partial charge in [-0.1, -0.05) is 42.5 Å². The molecule has 2 aromatic carbocycles. The van der Waals surface area contributed by atoms with Crippen LogP contribution in [-0.2, 0) is 29.9 Å². The molecule has 0 atom stereocenters. The van der Waals surface area contributed by atoms with E-state index in [4.69, 9.17) is 5.73 Å². The van der Waals surface area contributed by atoms with Crippen molar-refractivity contribution in [3.63, 3.8) is 0 Å². The Kier molecular flexibility index (Phi) is 6.33. The molecule has 8 heteroatoms. The zero-order chi connectivity index (χ0) is 22.8. The first-order chi connectivity index (χ1) is 14.5. The lowest BCUT2D eigenvalue weighted by Crippen LogP contribution is -2.40. The quantitative estimate of drug-likeness (QED) is 0.613. The highest BCUT2D eigenvalue weighted by molar-refractivity contribution is 7.89. The van der Waals surface area contributed by atoms with Crippen LogP contribution in [0.15, 0.2) is 64.3 Å². The summed E-state index contributed by atoms with van der Waals surface area (Å²) in [6.45, 7) is 5.43. The predicted octanol–water partition coefficient (Wildman–Crippen LogP) is 2.89. The molecule has 0 amide bonds. The molecule has 0 radical (unpaired) electrons. The highest BCUT2D eigenvalue weighted by atomic mass is 32.2. The molecule has 0 fully saturated rings. The summed E-state index contributed by atoms with van der Waals surface area (Å²) in [5.74, 6) is 0.182. The molecule has 0 spiro atoms. The van der Waals surface area contributed by atoms with Gasteiger partial charge < -0.3 is 5.73 Å². The maximum absolute atomic E-state index is 13.0. The van der Waals surface area contributed by atoms with Crippen molar-refractivity contribution in [1.29, 1.82) is 0 Å². The van der Waals surface area contributed by atoms with Gasteiger partial charge >= 0.3 is 0 Å². The van der Waals surface area contributed by atoms with Crippen molar-refractivity contribution < 1.29 is 8.42 Å². The zero-order valence-electron chi connectivity index (χ0n) is 18.2. The third-order valence-electron chi connectivity index (χ3n) is 4.75. The van der Waals surface area contributed by atoms with Crippen molar-refractivity contribution in [3.8, 4) is 11.1 Å². The van der Waals surface area contributed by atoms with E-state index >= 15 is 0 Å². The summed E-state index contributed by atoms with van der Waals surface area (Å²) in [7, 11) is -2.11. The molecule has 0 saturated carbocycles. The zero-order valence-corrected chi connectivity index (χ0v) is 19.0. The fraction of sp³-hybridized carbons (Fsp3) is 0.304. The average Bonchev–Trinajstić information content (AvgIpc) is 2.69. The van der Waals surface area contributed by atoms with Crippen LogP contribution in [0.2, 0.25) is 0 Å². The fourth-order valence-corrected chi connectivity index (χ4v) is 4.95. The summed E-state index contributed by atoms with van der Waals surface area (Å²) < 4.78 is 29.9. The Bertz CT molecular complexity index is 1260. The van der Waals surface area contributed by atoms with Gasteiger partial charge in [0.25, 0.3) is 5.56 Å². The number of aromatic nitrogens is 2. The lowest BCUT2D eigenvalue weighted by atomic mass is 10.0. The van der Waals surface area contributed by atoms with E-state index in [2.05, 4.69) is 9.71 Å². The molecule has 0 bridgehead atoms. The summed E-state index contributed by atoms with van der Waals surface area (Å²) in [5.41, 5.74) is 8.08. The van der Waals surface area contributed by atoms with E-state index in [1.54, 1.807) is 25.2 Å². The van der Waals surface area contributed by atoms with E-state index in [9.17, 15) is 13.2 Å². The number of hydrogen-bond donors (Lipinski definition) is 2. The minimum absolute atomic E-state index is 0.182. The average molecular weight is 441 g/mol. The van der Waals surface area contributed by atoms with Crippen LogP contribution in [-0.4, -0.2) is 23.5 Å². The van der Waals surface area contributed by atoms with E-state index in [1.165, 1.54) is 10.6 Å². The number of nitrogen functional groups attached to an aromatic ring is 1. The minimum Gasteiger partial charge on any atom is -0.369 e. The molecule has 1 aromatic heterocycles. The third kappa shape index (κ3) is 5.59. The molecule has 0 unspecified atom stereocenters. The maximum Gasteiger partial charge on any atom is 0.254 e. The summed E-state index contributed by atoms with van der Waals surface area (Å²) in [4.78, 5) is 16.4. The third-order valence-corrected chi connectivity index (χ3v) is 6.56. The molecule has 31 heavy (non-hydrogen) atoms. The first kappa shape index (κ1) is 22.7. The van der Waals surface area contributed by atoms with Gasteiger partial charge in [0.15, 0.2) is 0 Å². The Morgan fingerprint density at radius 1 is 1.03 bits per heavy atom. The molecule has 0 aliphatic rings. The van der Waals surface area contributed by atoms with Crippen LogP contribution in [0.25, 0.3) is 11.1 Å². The van der Waals surface area contributed by atoms with Crippen molar-refractivity contribution >= 4 is 16.0 Å². The van der Waals surface area contributed by atoms with Crippen molar-refractivity contribution in [3.05, 3.63) is 76.2 Å². The standard InChI is InChI=1S/C23H28N4O3S/c1-23(2,3)26-31(29,30)20-11-6-5-10-19(20)17-9-7-8-16(14-17)12-13-18-15-21(28)27(4)22(24)25-18/h5-11,14-15,26H,12-13H2,1-4H3,(H2,24,25). The molecule has 7 nitrogen and oxygen atoms in total. The number of hydrogen-bond acceptors (Lipinski definition) is 5. The Labute approximate surface area is 183 Å². The Balaban J connectivity index is 1.90. The van der Waals surface area contributed by atoms with E-state index in [0.29, 0.717) is 24.1 Å². The van der Waals surface area contributed by atoms with Crippen molar-refractivity contribution in [2.75, 3.05) is 5.73 Å². The molecular weight excluding hydrogens is 412 g/mol. The first-order valence-corrected chi connectivity index (χ1v) is 11.5. The number of rotatable bonds is 6. The van der Waals surface area contributed by atoms with E-state index in [-0.39, 0.29) is 16.4 Å². The minimum atomic E-state index is -3.69. The molecule has 3 aromatic rings. The second-order valence-corrected chi connectivity index (χ2v) is 10.2. The van der Waals surface area contributed by atoms with E-state index in [1.807, 2.05) is 51.1 Å². The van der Waals surface area contributed by atoms with Crippen LogP contribution in [0.4, 0.5) is 5.95 Å². The Morgan fingerprint density at radius 3 is 2.42 bits per heavy atom. The predicted molar refractivity (Wildman–Crippen MR) is 123 cm³/mol. The van der Waals surface area contributed by atoms with Gasteiger partial charge in [-0.25, -0.2) is 18.1 Å². The summed E-state index contributed by atoms with van der Waals surface area (Å²) in [6.07, 6.45) is 1.19. The Hall–Kier alpha value is -2.97. The molecule has 3 rings (SSSR count). The van der Waals surface area contributed by atoms with Crippen molar-refractivity contribution in [1.82, 2.24) is 14.3 Å². The molecule has 1 heterocycles. The van der Waals surface area contributed by atoms with Crippen LogP contribution in [0.1, 0.15) is 32.0 Å². The molecule has 3 N–H and O–H groups in total. The summed E-state index contributed by atoms with van der Waals surface area (Å²) in [6, 6.07) is 16.2. The number of sulfonamides is 1. The van der Waals surface area contributed by atoms with Gasteiger partial charge in [-0.15, -0.1) is 0 Å². The molecule has 164 valence electrons. The normalized spacial score (nSPS) is 12.1. The summed E-state index contributed by atoms with van der Waals surface area (Å²) >= 11 is 0. The highest BCUT2D eigenvalue weighted by Crippen LogP contribution is 2.29. The van der Waals surface area contributed by atoms with E-state index < -0.39 is 15.6 Å². The monoisotopic (exact) mass is 440 g/mol. The van der Waals surface area contributed by atoms with Crippen molar-refractivity contribution in [2.24, 2.45) is 7.05 Å². The number of aryl methyl sites for hydroxylation is 2. The number of benzene rings is 2. The van der Waals surface area contributed by atoms with Gasteiger partial charge in [0.1, 0.15) is 0 Å². The topological polar surface area (TPSA) is 107 Å². The van der Waals surface area contributed by atoms with Crippen LogP contribution < -0.4 is 16.0 Å². The van der Waals surface area contributed by atoms with Gasteiger partial charge in [0, 0.05) is 24.2 Å². The largest absolute Gasteiger partial charge is 0.369 e. The SMILES string of the molecule is Cn1c(N)nc(CCc2cccc(-c3ccccc3S(=O)(=O)NC(C)(C)C)c2)cc1=O. The van der Waals surface area contributed by atoms with Gasteiger partial charge in [0.05, 0.1) is 10.6 Å². The second-order valence-electron chi connectivity index (χ2n) is 8.55. The highest BCUT2D eigenvalue weighted by Gasteiger charge is 2.24. The fourth-order valence-electron chi connectivity index (χ4n) is 3.30. The Morgan fingerprint density at radius 2 is 1.74 bits per heavy atom. The molecular formula is C23H28N4O3S. The maximum atomic E-state index is 13.0. The molecule has 0 aliphatic heterocycles. The number of nitrogens with zero attached hydrogens (tertiary/aromatic N) is 2. The summed E-state index contributed by atoms with van der Waals surface area (Å²) in [5, 5.41) is 0. The number of nitrogens with one attached hydrogen (secondary N) is 1. The number of nitrogens with two attached hydrogens (primary N) is 1. The van der Waals surface area contributed by atoms with Crippen LogP contribution in [0.5, 0.6) is 0 Å². The lowest BCUT2D eigenvalue weighted by molar-refractivity contribution is 0.491. The van der Waals surface area contributed by atoms with Crippen LogP contribution in [0.3, 0.4) is 0 Å². The lowest BCUT2D eigenvalue weighted by Gasteiger charge is -2.21. The molecule has 0 aliphatic carbocycles. The van der Waals surface area contributed by atoms with Gasteiger partial charge in [-0.2, -0.15) is 0 Å². The van der Waals surface area contributed by atoms with Gasteiger partial charge in [-0.05, 0) is 50.8 Å². The van der Waals surface area contributed by atoms with Crippen LogP contribution in [0, 0.1) is 0 Å². The second kappa shape index (κ2) is 8.64. The van der Waals surface area contributed by atoms with Crippen molar-refractivity contribution in [2.45, 2.75) is 44.0 Å². The smallest absolute Gasteiger partial charge is 0.254 e. The van der Waals surface area contributed by atoms with Crippen LogP contribution >= 0.6 is 0 Å².